The van der Waals surface area contributed by atoms with Crippen LogP contribution in [0.5, 0.6) is 5.75 Å². The van der Waals surface area contributed by atoms with E-state index in [1.165, 1.54) is 0 Å². The van der Waals surface area contributed by atoms with Gasteiger partial charge in [-0.25, -0.2) is 9.59 Å². The fraction of sp³-hybridized carbons (Fsp3) is 0.412. The van der Waals surface area contributed by atoms with Gasteiger partial charge < -0.3 is 20.1 Å². The molecule has 0 spiro atoms. The summed E-state index contributed by atoms with van der Waals surface area (Å²) < 4.78 is 6.20. The molecule has 1 saturated heterocycles. The van der Waals surface area contributed by atoms with Crippen molar-refractivity contribution in [2.24, 2.45) is 4.99 Å². The fourth-order valence-corrected chi connectivity index (χ4v) is 6.48. The highest BCUT2D eigenvalue weighted by Crippen LogP contribution is 2.54. The first-order valence-electron chi connectivity index (χ1n) is 15.0. The molecule has 11 heteroatoms. The van der Waals surface area contributed by atoms with Crippen molar-refractivity contribution in [2.75, 3.05) is 19.7 Å². The summed E-state index contributed by atoms with van der Waals surface area (Å²) in [6.07, 6.45) is 1.11. The number of likely N-dealkylation sites (tertiary alicyclic amines) is 1. The Balaban J connectivity index is 1.77. The van der Waals surface area contributed by atoms with Crippen LogP contribution in [0.1, 0.15) is 70.3 Å². The first-order chi connectivity index (χ1) is 21.2. The van der Waals surface area contributed by atoms with Crippen molar-refractivity contribution in [2.45, 2.75) is 70.5 Å². The van der Waals surface area contributed by atoms with Crippen molar-refractivity contribution < 1.29 is 19.4 Å². The topological polar surface area (TPSA) is 107 Å². The zero-order chi connectivity index (χ0) is 32.7. The second-order valence-electron chi connectivity index (χ2n) is 12.8. The second kappa shape index (κ2) is 12.2. The Hall–Kier alpha value is -3.82. The first-order valence-corrected chi connectivity index (χ1v) is 15.8. The summed E-state index contributed by atoms with van der Waals surface area (Å²) in [5.41, 5.74) is 0.747. The Kier molecular flexibility index (Phi) is 8.81. The van der Waals surface area contributed by atoms with Gasteiger partial charge in [0.25, 0.3) is 0 Å². The highest BCUT2D eigenvalue weighted by molar-refractivity contribution is 6.30. The average molecular weight is 653 g/mol. The Labute approximate surface area is 274 Å². The number of carboxylic acid groups (broad SMARTS) is 1. The van der Waals surface area contributed by atoms with Gasteiger partial charge in [0.15, 0.2) is 0 Å². The maximum Gasteiger partial charge on any atom is 0.404 e. The lowest BCUT2D eigenvalue weighted by Gasteiger charge is -2.46. The van der Waals surface area contributed by atoms with E-state index in [4.69, 9.17) is 37.9 Å². The average Bonchev–Trinajstić information content (AvgIpc) is 3.53. The molecule has 3 heterocycles. The summed E-state index contributed by atoms with van der Waals surface area (Å²) in [4.78, 5) is 39.9. The van der Waals surface area contributed by atoms with Crippen LogP contribution in [0.15, 0.2) is 65.8 Å². The highest BCUT2D eigenvalue weighted by Gasteiger charge is 2.60. The smallest absolute Gasteiger partial charge is 0.404 e. The van der Waals surface area contributed by atoms with E-state index in [9.17, 15) is 14.7 Å². The van der Waals surface area contributed by atoms with Crippen LogP contribution in [0, 0.1) is 0 Å². The fourth-order valence-electron chi connectivity index (χ4n) is 6.23. The molecule has 3 atom stereocenters. The number of pyridine rings is 1. The molecule has 2 aromatic carbocycles. The number of rotatable bonds is 6. The van der Waals surface area contributed by atoms with Crippen LogP contribution in [-0.2, 0) is 16.5 Å². The van der Waals surface area contributed by atoms with E-state index in [0.29, 0.717) is 46.8 Å². The third-order valence-corrected chi connectivity index (χ3v) is 9.41. The molecule has 1 fully saturated rings. The second-order valence-corrected chi connectivity index (χ2v) is 13.7. The van der Waals surface area contributed by atoms with Crippen molar-refractivity contribution in [3.05, 3.63) is 93.2 Å². The molecule has 3 amide bonds. The number of carbonyl (C=O) groups is 2. The predicted molar refractivity (Wildman–Crippen MR) is 177 cm³/mol. The molecular formula is C34H39Cl2N5O4. The molecular weight excluding hydrogens is 613 g/mol. The molecule has 1 aromatic heterocycles. The van der Waals surface area contributed by atoms with E-state index in [1.807, 2.05) is 63.2 Å². The van der Waals surface area contributed by atoms with Crippen LogP contribution in [0.3, 0.4) is 0 Å². The van der Waals surface area contributed by atoms with E-state index in [2.05, 4.69) is 26.1 Å². The zero-order valence-corrected chi connectivity index (χ0v) is 27.9. The number of aliphatic imine (C=N–C) groups is 1. The monoisotopic (exact) mass is 651 g/mol. The van der Waals surface area contributed by atoms with Crippen molar-refractivity contribution in [1.82, 2.24) is 20.1 Å². The van der Waals surface area contributed by atoms with Gasteiger partial charge in [0.05, 0.1) is 18.2 Å². The molecule has 9 nitrogen and oxygen atoms in total. The molecule has 45 heavy (non-hydrogen) atoms. The van der Waals surface area contributed by atoms with Gasteiger partial charge in [-0.2, -0.15) is 0 Å². The number of halogens is 2. The minimum Gasteiger partial charge on any atom is -0.493 e. The summed E-state index contributed by atoms with van der Waals surface area (Å²) >= 11 is 12.7. The summed E-state index contributed by atoms with van der Waals surface area (Å²) in [5, 5.41) is 13.0. The lowest BCUT2D eigenvalue weighted by molar-refractivity contribution is 0.112. The van der Waals surface area contributed by atoms with Crippen LogP contribution in [0.2, 0.25) is 10.0 Å². The van der Waals surface area contributed by atoms with Crippen LogP contribution in [0.25, 0.3) is 0 Å². The first kappa shape index (κ1) is 32.6. The van der Waals surface area contributed by atoms with E-state index in [0.717, 1.165) is 16.8 Å². The lowest BCUT2D eigenvalue weighted by Crippen LogP contribution is -2.58. The Morgan fingerprint density at radius 2 is 1.64 bits per heavy atom. The van der Waals surface area contributed by atoms with Crippen molar-refractivity contribution in [3.8, 4) is 5.75 Å². The Morgan fingerprint density at radius 1 is 1.04 bits per heavy atom. The Bertz CT molecular complexity index is 1620. The molecule has 0 saturated carbocycles. The van der Waals surface area contributed by atoms with Gasteiger partial charge in [-0.15, -0.1) is 0 Å². The van der Waals surface area contributed by atoms with Gasteiger partial charge in [-0.1, -0.05) is 68.2 Å². The number of hydrogen-bond acceptors (Lipinski definition) is 5. The number of nitrogens with zero attached hydrogens (tertiary/aromatic N) is 4. The van der Waals surface area contributed by atoms with E-state index in [1.54, 1.807) is 28.1 Å². The standard InChI is InChI=1S/C34H39Cl2N5O4/c1-7-45-27-18-28(32(2,3)4)37-19-26(27)29-39-33(5,21-8-12-23(35)13-9-21)34(6,22-10-14-24(36)15-11-22)41(29)31(44)40-17-16-25(20-40)38-30(42)43/h8-15,18-19,25,38H,7,16-17,20H2,1-6H3,(H,42,43)/t25-,33-,34+/m0/s1. The Morgan fingerprint density at radius 3 is 2.20 bits per heavy atom. The number of amidine groups is 1. The summed E-state index contributed by atoms with van der Waals surface area (Å²) in [5.74, 6) is 0.973. The number of hydrogen-bond donors (Lipinski definition) is 2. The maximum atomic E-state index is 14.9. The third kappa shape index (κ3) is 5.95. The largest absolute Gasteiger partial charge is 0.493 e. The van der Waals surface area contributed by atoms with E-state index in [-0.39, 0.29) is 24.0 Å². The maximum absolute atomic E-state index is 14.9. The van der Waals surface area contributed by atoms with Crippen LogP contribution in [0.4, 0.5) is 9.59 Å². The molecule has 0 radical (unpaired) electrons. The number of aromatic nitrogens is 1. The zero-order valence-electron chi connectivity index (χ0n) is 26.4. The predicted octanol–water partition coefficient (Wildman–Crippen LogP) is 7.44. The highest BCUT2D eigenvalue weighted by atomic mass is 35.5. The SMILES string of the molecule is CCOc1cc(C(C)(C)C)ncc1C1=N[C@@](C)(c2ccc(Cl)cc2)[C@@](C)(c2ccc(Cl)cc2)N1C(=O)N1CC[C@H](NC(=O)O)C1. The van der Waals surface area contributed by atoms with Crippen LogP contribution < -0.4 is 10.1 Å². The number of amides is 3. The number of urea groups is 1. The molecule has 238 valence electrons. The van der Waals surface area contributed by atoms with Crippen molar-refractivity contribution in [3.63, 3.8) is 0 Å². The van der Waals surface area contributed by atoms with Gasteiger partial charge in [0.1, 0.15) is 22.7 Å². The van der Waals surface area contributed by atoms with E-state index >= 15 is 0 Å². The van der Waals surface area contributed by atoms with Gasteiger partial charge in [0, 0.05) is 46.5 Å². The van der Waals surface area contributed by atoms with Crippen LogP contribution >= 0.6 is 23.2 Å². The van der Waals surface area contributed by atoms with Gasteiger partial charge in [0.2, 0.25) is 0 Å². The molecule has 5 rings (SSSR count). The number of ether oxygens (including phenoxy) is 1. The summed E-state index contributed by atoms with van der Waals surface area (Å²) in [6, 6.07) is 16.2. The third-order valence-electron chi connectivity index (χ3n) is 8.90. The molecule has 0 aliphatic carbocycles. The normalized spacial score (nSPS) is 23.2. The summed E-state index contributed by atoms with van der Waals surface area (Å²) in [7, 11) is 0. The van der Waals surface area contributed by atoms with E-state index < -0.39 is 17.2 Å². The number of benzene rings is 2. The molecule has 2 aliphatic heterocycles. The molecule has 3 aromatic rings. The molecule has 0 unspecified atom stereocenters. The van der Waals surface area contributed by atoms with Crippen LogP contribution in [-0.4, -0.2) is 63.6 Å². The van der Waals surface area contributed by atoms with Crippen molar-refractivity contribution in [1.29, 1.82) is 0 Å². The van der Waals surface area contributed by atoms with Gasteiger partial charge in [-0.05, 0) is 62.6 Å². The summed E-state index contributed by atoms with van der Waals surface area (Å²) in [6.45, 7) is 13.2. The van der Waals surface area contributed by atoms with Gasteiger partial charge in [-0.3, -0.25) is 14.9 Å². The molecule has 2 aliphatic rings. The van der Waals surface area contributed by atoms with Gasteiger partial charge >= 0.3 is 12.1 Å². The molecule has 2 N–H and O–H groups in total. The van der Waals surface area contributed by atoms with Crippen molar-refractivity contribution >= 4 is 41.2 Å². The number of carbonyl (C=O) groups excluding carboxylic acids is 1. The number of nitrogens with one attached hydrogen (secondary N) is 1. The molecule has 0 bridgehead atoms. The lowest BCUT2D eigenvalue weighted by atomic mass is 9.71. The quantitative estimate of drug-likeness (QED) is 0.288. The minimum absolute atomic E-state index is 0.225. The minimum atomic E-state index is -1.12.